The van der Waals surface area contributed by atoms with Gasteiger partial charge in [-0.25, -0.2) is 0 Å². The molecule has 7 heteroatoms. The Morgan fingerprint density at radius 2 is 1.88 bits per heavy atom. The molecule has 0 fully saturated rings. The van der Waals surface area contributed by atoms with Crippen molar-refractivity contribution in [1.29, 1.82) is 0 Å². The van der Waals surface area contributed by atoms with Crippen LogP contribution < -0.4 is 10.1 Å². The van der Waals surface area contributed by atoms with Crippen LogP contribution in [-0.4, -0.2) is 34.3 Å². The molecule has 3 rings (SSSR count). The quantitative estimate of drug-likeness (QED) is 0.465. The minimum absolute atomic E-state index is 0.00944. The van der Waals surface area contributed by atoms with E-state index in [1.807, 2.05) is 42.8 Å². The van der Waals surface area contributed by atoms with E-state index in [4.69, 9.17) is 4.74 Å². The van der Waals surface area contributed by atoms with E-state index >= 15 is 0 Å². The summed E-state index contributed by atoms with van der Waals surface area (Å²) in [7, 11) is 1.60. The Kier molecular flexibility index (Phi) is 8.11. The van der Waals surface area contributed by atoms with E-state index in [2.05, 4.69) is 22.5 Å². The van der Waals surface area contributed by atoms with Crippen molar-refractivity contribution in [2.24, 2.45) is 0 Å². The molecule has 0 spiro atoms. The number of thioether (sulfide) groups is 1. The first kappa shape index (κ1) is 23.6. The Hall–Kier alpha value is -3.06. The third-order valence-corrected chi connectivity index (χ3v) is 6.33. The summed E-state index contributed by atoms with van der Waals surface area (Å²) in [5.74, 6) is 1.61. The van der Waals surface area contributed by atoms with Gasteiger partial charge in [-0.15, -0.1) is 11.8 Å². The van der Waals surface area contributed by atoms with E-state index in [-0.39, 0.29) is 11.7 Å². The van der Waals surface area contributed by atoms with Crippen molar-refractivity contribution >= 4 is 23.5 Å². The molecule has 1 aromatic heterocycles. The fourth-order valence-corrected chi connectivity index (χ4v) is 4.34. The lowest BCUT2D eigenvalue weighted by molar-refractivity contribution is -0.118. The van der Waals surface area contributed by atoms with Crippen molar-refractivity contribution < 1.29 is 14.3 Å². The molecule has 0 aliphatic heterocycles. The number of Topliss-reactive ketones (excluding diaryl/α,β-unsaturated/α-hetero) is 1. The van der Waals surface area contributed by atoms with Crippen molar-refractivity contribution in [2.45, 2.75) is 39.6 Å². The second kappa shape index (κ2) is 11.0. The number of hydrogen-bond donors (Lipinski definition) is 1. The highest BCUT2D eigenvalue weighted by atomic mass is 32.2. The van der Waals surface area contributed by atoms with Gasteiger partial charge in [-0.2, -0.15) is 5.10 Å². The summed E-state index contributed by atoms with van der Waals surface area (Å²) in [6, 6.07) is 15.6. The van der Waals surface area contributed by atoms with Crippen molar-refractivity contribution in [1.82, 2.24) is 15.1 Å². The number of hydrogen-bond acceptors (Lipinski definition) is 5. The van der Waals surface area contributed by atoms with Crippen LogP contribution in [0.4, 0.5) is 0 Å². The normalized spacial score (nSPS) is 10.8. The van der Waals surface area contributed by atoms with Gasteiger partial charge in [-0.3, -0.25) is 14.3 Å². The summed E-state index contributed by atoms with van der Waals surface area (Å²) in [5.41, 5.74) is 5.78. The Morgan fingerprint density at radius 3 is 2.56 bits per heavy atom. The van der Waals surface area contributed by atoms with E-state index in [9.17, 15) is 9.59 Å². The lowest BCUT2D eigenvalue weighted by Gasteiger charge is -2.10. The number of nitrogens with zero attached hydrogens (tertiary/aromatic N) is 2. The Bertz CT molecular complexity index is 1090. The van der Waals surface area contributed by atoms with Crippen LogP contribution in [0.25, 0.3) is 0 Å². The zero-order valence-corrected chi connectivity index (χ0v) is 19.8. The molecule has 0 aliphatic carbocycles. The van der Waals surface area contributed by atoms with Crippen LogP contribution in [0.3, 0.4) is 0 Å². The molecule has 0 saturated heterocycles. The first-order chi connectivity index (χ1) is 15.4. The Morgan fingerprint density at radius 1 is 1.12 bits per heavy atom. The maximum absolute atomic E-state index is 12.4. The van der Waals surface area contributed by atoms with Gasteiger partial charge in [0, 0.05) is 34.7 Å². The van der Waals surface area contributed by atoms with E-state index in [0.717, 1.165) is 28.3 Å². The van der Waals surface area contributed by atoms with Gasteiger partial charge >= 0.3 is 0 Å². The zero-order valence-electron chi connectivity index (χ0n) is 19.0. The number of carbonyl (C=O) groups excluding carboxylic acids is 2. The molecule has 1 heterocycles. The standard InChI is InChI=1S/C25H29N3O3S/c1-17-23(18(2)28(27-17)14-20-8-6-5-7-9-20)13-26-25(30)16-32-15-22-12-21(19(3)29)10-11-24(22)31-4/h5-12H,13-16H2,1-4H3,(H,26,30). The fraction of sp³-hybridized carbons (Fsp3) is 0.320. The fourth-order valence-electron chi connectivity index (χ4n) is 3.50. The third-order valence-electron chi connectivity index (χ3n) is 5.35. The van der Waals surface area contributed by atoms with Crippen LogP contribution in [0.1, 0.15) is 45.4 Å². The van der Waals surface area contributed by atoms with Crippen LogP contribution >= 0.6 is 11.8 Å². The molecule has 168 valence electrons. The van der Waals surface area contributed by atoms with Crippen molar-refractivity contribution in [3.8, 4) is 5.75 Å². The number of nitrogens with one attached hydrogen (secondary N) is 1. The van der Waals surface area contributed by atoms with Crippen LogP contribution in [0.15, 0.2) is 48.5 Å². The molecule has 6 nitrogen and oxygen atoms in total. The Labute approximate surface area is 193 Å². The molecule has 0 aliphatic rings. The van der Waals surface area contributed by atoms with Gasteiger partial charge in [0.2, 0.25) is 5.91 Å². The monoisotopic (exact) mass is 451 g/mol. The minimum atomic E-state index is -0.0358. The summed E-state index contributed by atoms with van der Waals surface area (Å²) >= 11 is 1.49. The summed E-state index contributed by atoms with van der Waals surface area (Å²) < 4.78 is 7.36. The number of methoxy groups -OCH3 is 1. The summed E-state index contributed by atoms with van der Waals surface area (Å²) in [4.78, 5) is 24.1. The van der Waals surface area contributed by atoms with E-state index < -0.39 is 0 Å². The second-order valence-corrected chi connectivity index (χ2v) is 8.63. The molecule has 0 unspecified atom stereocenters. The lowest BCUT2D eigenvalue weighted by Crippen LogP contribution is -2.25. The number of carbonyl (C=O) groups is 2. The lowest BCUT2D eigenvalue weighted by atomic mass is 10.1. The second-order valence-electron chi connectivity index (χ2n) is 7.64. The van der Waals surface area contributed by atoms with Gasteiger partial charge in [0.1, 0.15) is 5.75 Å². The largest absolute Gasteiger partial charge is 0.496 e. The van der Waals surface area contributed by atoms with Gasteiger partial charge in [0.05, 0.1) is 25.1 Å². The molecular weight excluding hydrogens is 422 g/mol. The highest BCUT2D eigenvalue weighted by Crippen LogP contribution is 2.25. The molecule has 0 radical (unpaired) electrons. The topological polar surface area (TPSA) is 73.2 Å². The van der Waals surface area contributed by atoms with Gasteiger partial charge in [0.25, 0.3) is 0 Å². The van der Waals surface area contributed by atoms with Gasteiger partial charge in [0.15, 0.2) is 5.78 Å². The molecule has 2 aromatic carbocycles. The summed E-state index contributed by atoms with van der Waals surface area (Å²) in [6.45, 7) is 6.71. The average molecular weight is 452 g/mol. The van der Waals surface area contributed by atoms with Crippen LogP contribution in [0, 0.1) is 13.8 Å². The number of aryl methyl sites for hydroxylation is 1. The molecule has 3 aromatic rings. The average Bonchev–Trinajstić information content (AvgIpc) is 3.05. The summed E-state index contributed by atoms with van der Waals surface area (Å²) in [5, 5.41) is 7.65. The maximum atomic E-state index is 12.4. The van der Waals surface area contributed by atoms with Crippen LogP contribution in [0.5, 0.6) is 5.75 Å². The molecule has 32 heavy (non-hydrogen) atoms. The molecule has 0 saturated carbocycles. The molecule has 1 amide bonds. The van der Waals surface area contributed by atoms with Gasteiger partial charge in [-0.05, 0) is 44.5 Å². The molecule has 0 atom stereocenters. The molecular formula is C25H29N3O3S. The van der Waals surface area contributed by atoms with Crippen molar-refractivity contribution in [3.05, 3.63) is 82.2 Å². The number of ketones is 1. The number of amides is 1. The highest BCUT2D eigenvalue weighted by Gasteiger charge is 2.14. The minimum Gasteiger partial charge on any atom is -0.496 e. The van der Waals surface area contributed by atoms with Gasteiger partial charge in [-0.1, -0.05) is 30.3 Å². The molecule has 1 N–H and O–H groups in total. The Balaban J connectivity index is 1.53. The highest BCUT2D eigenvalue weighted by molar-refractivity contribution is 7.99. The predicted molar refractivity (Wildman–Crippen MR) is 128 cm³/mol. The number of aromatic nitrogens is 2. The van der Waals surface area contributed by atoms with E-state index in [1.54, 1.807) is 19.2 Å². The maximum Gasteiger partial charge on any atom is 0.230 e. The third kappa shape index (κ3) is 6.01. The zero-order chi connectivity index (χ0) is 23.1. The molecule has 0 bridgehead atoms. The number of benzene rings is 2. The predicted octanol–water partition coefficient (Wildman–Crippen LogP) is 4.31. The SMILES string of the molecule is COc1ccc(C(C)=O)cc1CSCC(=O)NCc1c(C)nn(Cc2ccccc2)c1C. The van der Waals surface area contributed by atoms with Crippen LogP contribution in [0.2, 0.25) is 0 Å². The smallest absolute Gasteiger partial charge is 0.230 e. The van der Waals surface area contributed by atoms with E-state index in [1.165, 1.54) is 24.2 Å². The number of rotatable bonds is 10. The van der Waals surface area contributed by atoms with E-state index in [0.29, 0.717) is 30.2 Å². The van der Waals surface area contributed by atoms with Crippen LogP contribution in [-0.2, 0) is 23.6 Å². The van der Waals surface area contributed by atoms with Crippen molar-refractivity contribution in [2.75, 3.05) is 12.9 Å². The first-order valence-electron chi connectivity index (χ1n) is 10.5. The van der Waals surface area contributed by atoms with Gasteiger partial charge < -0.3 is 10.1 Å². The first-order valence-corrected chi connectivity index (χ1v) is 11.6. The summed E-state index contributed by atoms with van der Waals surface area (Å²) in [6.07, 6.45) is 0. The van der Waals surface area contributed by atoms with Crippen molar-refractivity contribution in [3.63, 3.8) is 0 Å². The number of ether oxygens (including phenoxy) is 1.